The smallest absolute Gasteiger partial charge is 0.0706 e. The molecule has 3 heteroatoms. The number of hydrogen-bond donors (Lipinski definition) is 2. The van der Waals surface area contributed by atoms with Gasteiger partial charge in [0.05, 0.1) is 12.1 Å². The van der Waals surface area contributed by atoms with E-state index in [9.17, 15) is 5.11 Å². The van der Waals surface area contributed by atoms with Crippen molar-refractivity contribution in [3.8, 4) is 0 Å². The van der Waals surface area contributed by atoms with E-state index in [-0.39, 0.29) is 6.04 Å². The second kappa shape index (κ2) is 4.18. The Hall–Kier alpha value is -0.930. The Bertz CT molecular complexity index is 223. The quantitative estimate of drug-likeness (QED) is 0.695. The number of pyridine rings is 1. The molecule has 0 aliphatic heterocycles. The highest BCUT2D eigenvalue weighted by Crippen LogP contribution is 2.14. The largest absolute Gasteiger partial charge is 0.391 e. The Labute approximate surface area is 72.5 Å². The Kier molecular flexibility index (Phi) is 3.19. The van der Waals surface area contributed by atoms with E-state index in [0.29, 0.717) is 0 Å². The molecule has 2 N–H and O–H groups in total. The zero-order chi connectivity index (χ0) is 8.97. The van der Waals surface area contributed by atoms with Gasteiger partial charge in [0.1, 0.15) is 0 Å². The minimum atomic E-state index is -0.391. The van der Waals surface area contributed by atoms with Crippen molar-refractivity contribution in [2.24, 2.45) is 0 Å². The maximum Gasteiger partial charge on any atom is 0.0706 e. The third kappa shape index (κ3) is 2.03. The fourth-order valence-electron chi connectivity index (χ4n) is 1.26. The van der Waals surface area contributed by atoms with Crippen LogP contribution in [0.4, 0.5) is 0 Å². The lowest BCUT2D eigenvalue weighted by Crippen LogP contribution is -2.26. The average Bonchev–Trinajstić information content (AvgIpc) is 2.07. The van der Waals surface area contributed by atoms with Crippen LogP contribution in [0.15, 0.2) is 24.5 Å². The number of aliphatic hydroxyl groups excluding tert-OH is 1. The van der Waals surface area contributed by atoms with Gasteiger partial charge in [0.15, 0.2) is 0 Å². The third-order valence-corrected chi connectivity index (χ3v) is 1.86. The van der Waals surface area contributed by atoms with Crippen LogP contribution in [0.3, 0.4) is 0 Å². The molecule has 1 heterocycles. The maximum atomic E-state index is 9.38. The van der Waals surface area contributed by atoms with E-state index < -0.39 is 6.10 Å². The molecule has 1 aromatic rings. The van der Waals surface area contributed by atoms with Gasteiger partial charge in [-0.2, -0.15) is 0 Å². The topological polar surface area (TPSA) is 45.2 Å². The van der Waals surface area contributed by atoms with E-state index in [4.69, 9.17) is 0 Å². The number of nitrogens with one attached hydrogen (secondary N) is 1. The van der Waals surface area contributed by atoms with Gasteiger partial charge in [-0.3, -0.25) is 4.98 Å². The normalized spacial score (nSPS) is 15.6. The van der Waals surface area contributed by atoms with Crippen molar-refractivity contribution in [1.29, 1.82) is 0 Å². The molecule has 0 aliphatic carbocycles. The van der Waals surface area contributed by atoms with E-state index in [1.54, 1.807) is 19.3 Å². The first-order valence-corrected chi connectivity index (χ1v) is 4.01. The molecule has 1 rings (SSSR count). The summed E-state index contributed by atoms with van der Waals surface area (Å²) in [5.74, 6) is 0. The van der Waals surface area contributed by atoms with Gasteiger partial charge in [-0.1, -0.05) is 0 Å². The summed E-state index contributed by atoms with van der Waals surface area (Å²) in [4.78, 5) is 3.91. The summed E-state index contributed by atoms with van der Waals surface area (Å²) in [5.41, 5.74) is 1.06. The first-order valence-electron chi connectivity index (χ1n) is 4.01. The Morgan fingerprint density at radius 3 is 2.42 bits per heavy atom. The van der Waals surface area contributed by atoms with Crippen molar-refractivity contribution in [1.82, 2.24) is 10.3 Å². The lowest BCUT2D eigenvalue weighted by molar-refractivity contribution is 0.150. The van der Waals surface area contributed by atoms with Gasteiger partial charge < -0.3 is 10.4 Å². The van der Waals surface area contributed by atoms with E-state index in [0.717, 1.165) is 5.56 Å². The molecule has 0 spiro atoms. The van der Waals surface area contributed by atoms with Gasteiger partial charge in [0.2, 0.25) is 0 Å². The van der Waals surface area contributed by atoms with E-state index >= 15 is 0 Å². The summed E-state index contributed by atoms with van der Waals surface area (Å²) in [6.45, 7) is 1.77. The molecule has 0 saturated carbocycles. The molecule has 0 saturated heterocycles. The van der Waals surface area contributed by atoms with E-state index in [1.807, 2.05) is 19.2 Å². The molecule has 66 valence electrons. The molecule has 0 fully saturated rings. The van der Waals surface area contributed by atoms with E-state index in [1.165, 1.54) is 0 Å². The minimum Gasteiger partial charge on any atom is -0.391 e. The van der Waals surface area contributed by atoms with Crippen LogP contribution in [0.5, 0.6) is 0 Å². The van der Waals surface area contributed by atoms with Crippen LogP contribution in [0.25, 0.3) is 0 Å². The monoisotopic (exact) mass is 166 g/mol. The second-order valence-corrected chi connectivity index (χ2v) is 2.79. The number of nitrogens with zero attached hydrogens (tertiary/aromatic N) is 1. The third-order valence-electron chi connectivity index (χ3n) is 1.86. The second-order valence-electron chi connectivity index (χ2n) is 2.79. The highest BCUT2D eigenvalue weighted by Gasteiger charge is 2.13. The van der Waals surface area contributed by atoms with Crippen molar-refractivity contribution < 1.29 is 5.11 Å². The van der Waals surface area contributed by atoms with E-state index in [2.05, 4.69) is 10.3 Å². The average molecular weight is 166 g/mol. The standard InChI is InChI=1S/C9H14N2O/c1-7(12)9(10-2)8-3-5-11-6-4-8/h3-7,9-10,12H,1-2H3. The molecule has 2 unspecified atom stereocenters. The highest BCUT2D eigenvalue weighted by molar-refractivity contribution is 5.15. The molecule has 1 aromatic heterocycles. The van der Waals surface area contributed by atoms with Crippen molar-refractivity contribution in [3.05, 3.63) is 30.1 Å². The Morgan fingerprint density at radius 1 is 1.42 bits per heavy atom. The molecule has 3 nitrogen and oxygen atoms in total. The Balaban J connectivity index is 2.80. The minimum absolute atomic E-state index is 0.00648. The summed E-state index contributed by atoms with van der Waals surface area (Å²) in [7, 11) is 1.83. The molecular formula is C9H14N2O. The maximum absolute atomic E-state index is 9.38. The van der Waals surface area contributed by atoms with Gasteiger partial charge in [-0.25, -0.2) is 0 Å². The van der Waals surface area contributed by atoms with Gasteiger partial charge in [0, 0.05) is 12.4 Å². The molecular weight excluding hydrogens is 152 g/mol. The molecule has 0 bridgehead atoms. The summed E-state index contributed by atoms with van der Waals surface area (Å²) in [5, 5.41) is 12.4. The zero-order valence-corrected chi connectivity index (χ0v) is 7.36. The van der Waals surface area contributed by atoms with Crippen LogP contribution in [-0.2, 0) is 0 Å². The molecule has 2 atom stereocenters. The Morgan fingerprint density at radius 2 is 2.00 bits per heavy atom. The fraction of sp³-hybridized carbons (Fsp3) is 0.444. The van der Waals surface area contributed by atoms with Crippen LogP contribution >= 0.6 is 0 Å². The van der Waals surface area contributed by atoms with Gasteiger partial charge in [0.25, 0.3) is 0 Å². The van der Waals surface area contributed by atoms with Crippen LogP contribution in [0.1, 0.15) is 18.5 Å². The van der Waals surface area contributed by atoms with Crippen molar-refractivity contribution >= 4 is 0 Å². The summed E-state index contributed by atoms with van der Waals surface area (Å²) in [6.07, 6.45) is 3.06. The SMILES string of the molecule is CNC(c1ccncc1)C(C)O. The van der Waals surface area contributed by atoms with Gasteiger partial charge in [-0.15, -0.1) is 0 Å². The number of aromatic nitrogens is 1. The first-order chi connectivity index (χ1) is 5.75. The number of hydrogen-bond acceptors (Lipinski definition) is 3. The number of likely N-dealkylation sites (N-methyl/N-ethyl adjacent to an activating group) is 1. The van der Waals surface area contributed by atoms with Crippen LogP contribution in [0, 0.1) is 0 Å². The molecule has 0 amide bonds. The summed E-state index contributed by atoms with van der Waals surface area (Å²) < 4.78 is 0. The predicted octanol–water partition coefficient (Wildman–Crippen LogP) is 0.723. The van der Waals surface area contributed by atoms with Crippen molar-refractivity contribution in [2.75, 3.05) is 7.05 Å². The summed E-state index contributed by atoms with van der Waals surface area (Å²) >= 11 is 0. The molecule has 0 radical (unpaired) electrons. The summed E-state index contributed by atoms with van der Waals surface area (Å²) in [6, 6.07) is 3.79. The van der Waals surface area contributed by atoms with Gasteiger partial charge >= 0.3 is 0 Å². The molecule has 0 aliphatic rings. The van der Waals surface area contributed by atoms with Crippen LogP contribution < -0.4 is 5.32 Å². The fourth-order valence-corrected chi connectivity index (χ4v) is 1.26. The lowest BCUT2D eigenvalue weighted by atomic mass is 10.0. The van der Waals surface area contributed by atoms with Crippen molar-refractivity contribution in [3.63, 3.8) is 0 Å². The number of rotatable bonds is 3. The molecule has 12 heavy (non-hydrogen) atoms. The first kappa shape index (κ1) is 9.16. The van der Waals surface area contributed by atoms with Gasteiger partial charge in [-0.05, 0) is 31.7 Å². The number of aliphatic hydroxyl groups is 1. The molecule has 0 aromatic carbocycles. The zero-order valence-electron chi connectivity index (χ0n) is 7.36. The predicted molar refractivity (Wildman–Crippen MR) is 47.7 cm³/mol. The van der Waals surface area contributed by atoms with Crippen molar-refractivity contribution in [2.45, 2.75) is 19.1 Å². The van der Waals surface area contributed by atoms with Crippen LogP contribution in [-0.4, -0.2) is 23.2 Å². The highest BCUT2D eigenvalue weighted by atomic mass is 16.3. The van der Waals surface area contributed by atoms with Crippen LogP contribution in [0.2, 0.25) is 0 Å². The lowest BCUT2D eigenvalue weighted by Gasteiger charge is -2.18.